The highest BCUT2D eigenvalue weighted by Crippen LogP contribution is 2.27. The van der Waals surface area contributed by atoms with E-state index in [1.807, 2.05) is 6.92 Å². The summed E-state index contributed by atoms with van der Waals surface area (Å²) in [4.78, 5) is 0. The van der Waals surface area contributed by atoms with Gasteiger partial charge in [0.25, 0.3) is 5.92 Å². The number of terminal acetylenes is 1. The van der Waals surface area contributed by atoms with E-state index in [9.17, 15) is 8.78 Å². The van der Waals surface area contributed by atoms with Gasteiger partial charge in [0, 0.05) is 18.4 Å². The van der Waals surface area contributed by atoms with Crippen molar-refractivity contribution in [2.45, 2.75) is 26.2 Å². The Bertz CT molecular complexity index is 352. The van der Waals surface area contributed by atoms with Crippen molar-refractivity contribution in [2.75, 3.05) is 0 Å². The van der Waals surface area contributed by atoms with E-state index in [1.165, 1.54) is 12.1 Å². The SMILES string of the molecule is C#CC(C)Cc1ccc(C(C)(F)F)cc1. The van der Waals surface area contributed by atoms with Crippen molar-refractivity contribution in [1.82, 2.24) is 0 Å². The zero-order valence-corrected chi connectivity index (χ0v) is 8.93. The molecular weight excluding hydrogens is 194 g/mol. The van der Waals surface area contributed by atoms with E-state index in [4.69, 9.17) is 6.42 Å². The first-order chi connectivity index (χ1) is 6.93. The summed E-state index contributed by atoms with van der Waals surface area (Å²) < 4.78 is 25.8. The third-order valence-electron chi connectivity index (χ3n) is 2.29. The average Bonchev–Trinajstić information content (AvgIpc) is 2.17. The van der Waals surface area contributed by atoms with Gasteiger partial charge in [-0.05, 0) is 12.0 Å². The van der Waals surface area contributed by atoms with Crippen LogP contribution in [0.3, 0.4) is 0 Å². The molecule has 0 aliphatic heterocycles. The maximum absolute atomic E-state index is 12.9. The van der Waals surface area contributed by atoms with Crippen molar-refractivity contribution >= 4 is 0 Å². The van der Waals surface area contributed by atoms with Crippen LogP contribution >= 0.6 is 0 Å². The standard InChI is InChI=1S/C13H14F2/c1-4-10(2)9-11-5-7-12(8-6-11)13(3,14)15/h1,5-8,10H,9H2,2-3H3. The van der Waals surface area contributed by atoms with E-state index in [0.29, 0.717) is 0 Å². The molecule has 1 rings (SSSR count). The molecule has 2 heteroatoms. The Balaban J connectivity index is 2.78. The first kappa shape index (κ1) is 11.7. The molecule has 0 nitrogen and oxygen atoms in total. The van der Waals surface area contributed by atoms with Crippen LogP contribution in [0, 0.1) is 18.3 Å². The van der Waals surface area contributed by atoms with Crippen molar-refractivity contribution in [2.24, 2.45) is 5.92 Å². The highest BCUT2D eigenvalue weighted by molar-refractivity contribution is 5.26. The topological polar surface area (TPSA) is 0 Å². The Morgan fingerprint density at radius 3 is 2.27 bits per heavy atom. The number of halogens is 2. The summed E-state index contributed by atoms with van der Waals surface area (Å²) in [6.45, 7) is 2.83. The molecular formula is C13H14F2. The van der Waals surface area contributed by atoms with Crippen LogP contribution in [0.15, 0.2) is 24.3 Å². The number of hydrogen-bond donors (Lipinski definition) is 0. The van der Waals surface area contributed by atoms with Gasteiger partial charge in [-0.1, -0.05) is 31.2 Å². The third kappa shape index (κ3) is 3.36. The van der Waals surface area contributed by atoms with E-state index < -0.39 is 5.92 Å². The number of alkyl halides is 2. The van der Waals surface area contributed by atoms with Crippen LogP contribution in [-0.2, 0) is 12.3 Å². The van der Waals surface area contributed by atoms with Gasteiger partial charge in [0.2, 0.25) is 0 Å². The molecule has 0 aromatic heterocycles. The molecule has 0 fully saturated rings. The lowest BCUT2D eigenvalue weighted by molar-refractivity contribution is 0.0174. The van der Waals surface area contributed by atoms with Gasteiger partial charge in [0.15, 0.2) is 0 Å². The second-order valence-corrected chi connectivity index (χ2v) is 3.86. The molecule has 0 aliphatic carbocycles. The normalized spacial score (nSPS) is 13.3. The fourth-order valence-corrected chi connectivity index (χ4v) is 1.35. The zero-order chi connectivity index (χ0) is 11.5. The van der Waals surface area contributed by atoms with Gasteiger partial charge in [-0.3, -0.25) is 0 Å². The summed E-state index contributed by atoms with van der Waals surface area (Å²) in [5, 5.41) is 0. The second kappa shape index (κ2) is 4.44. The first-order valence-electron chi connectivity index (χ1n) is 4.87. The minimum atomic E-state index is -2.77. The molecule has 0 saturated heterocycles. The van der Waals surface area contributed by atoms with E-state index >= 15 is 0 Å². The molecule has 0 saturated carbocycles. The zero-order valence-electron chi connectivity index (χ0n) is 8.93. The molecule has 1 aromatic carbocycles. The van der Waals surface area contributed by atoms with Crippen LogP contribution in [0.1, 0.15) is 25.0 Å². The largest absolute Gasteiger partial charge is 0.270 e. The molecule has 0 heterocycles. The van der Waals surface area contributed by atoms with Gasteiger partial charge in [0.1, 0.15) is 0 Å². The van der Waals surface area contributed by atoms with E-state index in [1.54, 1.807) is 12.1 Å². The molecule has 0 amide bonds. The molecule has 0 bridgehead atoms. The van der Waals surface area contributed by atoms with Crippen LogP contribution in [0.4, 0.5) is 8.78 Å². The van der Waals surface area contributed by atoms with Gasteiger partial charge >= 0.3 is 0 Å². The van der Waals surface area contributed by atoms with Crippen molar-refractivity contribution in [3.05, 3.63) is 35.4 Å². The summed E-state index contributed by atoms with van der Waals surface area (Å²) in [5.41, 5.74) is 1.04. The van der Waals surface area contributed by atoms with Crippen molar-refractivity contribution in [3.63, 3.8) is 0 Å². The maximum Gasteiger partial charge on any atom is 0.270 e. The fourth-order valence-electron chi connectivity index (χ4n) is 1.35. The lowest BCUT2D eigenvalue weighted by atomic mass is 10.00. The Labute approximate surface area is 89.3 Å². The number of hydrogen-bond acceptors (Lipinski definition) is 0. The van der Waals surface area contributed by atoms with Crippen molar-refractivity contribution < 1.29 is 8.78 Å². The molecule has 0 N–H and O–H groups in total. The monoisotopic (exact) mass is 208 g/mol. The van der Waals surface area contributed by atoms with E-state index in [2.05, 4.69) is 5.92 Å². The predicted molar refractivity (Wildman–Crippen MR) is 57.7 cm³/mol. The van der Waals surface area contributed by atoms with Crippen LogP contribution < -0.4 is 0 Å². The maximum atomic E-state index is 12.9. The molecule has 1 atom stereocenters. The Hall–Kier alpha value is -1.36. The molecule has 15 heavy (non-hydrogen) atoms. The lowest BCUT2D eigenvalue weighted by Crippen LogP contribution is -2.07. The summed E-state index contributed by atoms with van der Waals surface area (Å²) in [6.07, 6.45) is 5.98. The van der Waals surface area contributed by atoms with Gasteiger partial charge in [0.05, 0.1) is 0 Å². The Morgan fingerprint density at radius 1 is 1.33 bits per heavy atom. The summed E-state index contributed by atoms with van der Waals surface area (Å²) in [6, 6.07) is 6.33. The first-order valence-corrected chi connectivity index (χ1v) is 4.87. The molecule has 1 aromatic rings. The van der Waals surface area contributed by atoms with Crippen molar-refractivity contribution in [3.8, 4) is 12.3 Å². The third-order valence-corrected chi connectivity index (χ3v) is 2.29. The highest BCUT2D eigenvalue weighted by Gasteiger charge is 2.23. The fraction of sp³-hybridized carbons (Fsp3) is 0.385. The van der Waals surface area contributed by atoms with Crippen molar-refractivity contribution in [1.29, 1.82) is 0 Å². The number of rotatable bonds is 3. The van der Waals surface area contributed by atoms with Crippen LogP contribution in [0.25, 0.3) is 0 Å². The van der Waals surface area contributed by atoms with Gasteiger partial charge in [-0.2, -0.15) is 0 Å². The molecule has 0 aliphatic rings. The van der Waals surface area contributed by atoms with Crippen LogP contribution in [0.2, 0.25) is 0 Å². The minimum absolute atomic E-state index is 0.0413. The Kier molecular flexibility index (Phi) is 3.47. The molecule has 0 spiro atoms. The average molecular weight is 208 g/mol. The minimum Gasteiger partial charge on any atom is -0.202 e. The highest BCUT2D eigenvalue weighted by atomic mass is 19.3. The summed E-state index contributed by atoms with van der Waals surface area (Å²) >= 11 is 0. The predicted octanol–water partition coefficient (Wildman–Crippen LogP) is 3.61. The smallest absolute Gasteiger partial charge is 0.202 e. The summed E-state index contributed by atoms with van der Waals surface area (Å²) in [7, 11) is 0. The summed E-state index contributed by atoms with van der Waals surface area (Å²) in [5.74, 6) is -0.0205. The van der Waals surface area contributed by atoms with Gasteiger partial charge < -0.3 is 0 Å². The molecule has 0 radical (unpaired) electrons. The van der Waals surface area contributed by atoms with E-state index in [0.717, 1.165) is 18.9 Å². The number of benzene rings is 1. The van der Waals surface area contributed by atoms with Crippen LogP contribution in [0.5, 0.6) is 0 Å². The van der Waals surface area contributed by atoms with E-state index in [-0.39, 0.29) is 11.5 Å². The second-order valence-electron chi connectivity index (χ2n) is 3.86. The van der Waals surface area contributed by atoms with Gasteiger partial charge in [-0.15, -0.1) is 12.3 Å². The van der Waals surface area contributed by atoms with Crippen LogP contribution in [-0.4, -0.2) is 0 Å². The molecule has 1 unspecified atom stereocenters. The quantitative estimate of drug-likeness (QED) is 0.666. The molecule has 80 valence electrons. The Morgan fingerprint density at radius 2 is 1.87 bits per heavy atom. The lowest BCUT2D eigenvalue weighted by Gasteiger charge is -2.11. The van der Waals surface area contributed by atoms with Gasteiger partial charge in [-0.25, -0.2) is 8.78 Å².